The lowest BCUT2D eigenvalue weighted by molar-refractivity contribution is 0.474. The maximum absolute atomic E-state index is 10.0. The Labute approximate surface area is 355 Å². The fourth-order valence-electron chi connectivity index (χ4n) is 9.01. The SMILES string of the molecule is Oc1ccc(C2(c3ccc(O)c(Cl)c3)c3ccccc3-c3ccccc32)cc1Cl.Oc1ccc(C2(c3ccc(O)c(Cl)c3)c3ccccc3-c3ccccc32)cc1Cl. The van der Waals surface area contributed by atoms with E-state index >= 15 is 0 Å². The van der Waals surface area contributed by atoms with Gasteiger partial charge in [-0.1, -0.05) is 168 Å². The largest absolute Gasteiger partial charge is 0.506 e. The molecule has 4 N–H and O–H groups in total. The number of halogens is 4. The molecule has 0 radical (unpaired) electrons. The number of phenols is 4. The van der Waals surface area contributed by atoms with E-state index in [1.54, 1.807) is 48.5 Å². The molecule has 0 aromatic heterocycles. The van der Waals surface area contributed by atoms with E-state index in [9.17, 15) is 20.4 Å². The van der Waals surface area contributed by atoms with E-state index < -0.39 is 10.8 Å². The predicted octanol–water partition coefficient (Wildman–Crippen LogP) is 13.5. The molecule has 0 unspecified atom stereocenters. The van der Waals surface area contributed by atoms with Gasteiger partial charge < -0.3 is 20.4 Å². The molecule has 2 aliphatic carbocycles. The number of hydrogen-bond donors (Lipinski definition) is 4. The van der Waals surface area contributed by atoms with Crippen LogP contribution in [0.1, 0.15) is 44.5 Å². The van der Waals surface area contributed by atoms with Crippen LogP contribution in [0.2, 0.25) is 20.1 Å². The number of rotatable bonds is 4. The van der Waals surface area contributed by atoms with Crippen LogP contribution < -0.4 is 0 Å². The van der Waals surface area contributed by atoms with Crippen LogP contribution in [0.15, 0.2) is 170 Å². The molecular formula is C50H32Cl4O4. The Morgan fingerprint density at radius 2 is 0.483 bits per heavy atom. The van der Waals surface area contributed by atoms with Crippen molar-refractivity contribution in [3.05, 3.63) is 234 Å². The fourth-order valence-corrected chi connectivity index (χ4v) is 9.73. The zero-order valence-electron chi connectivity index (χ0n) is 30.5. The Bertz CT molecular complexity index is 2530. The minimum atomic E-state index is -0.679. The third-order valence-corrected chi connectivity index (χ3v) is 12.6. The quantitative estimate of drug-likeness (QED) is 0.142. The van der Waals surface area contributed by atoms with Gasteiger partial charge in [-0.3, -0.25) is 0 Å². The maximum atomic E-state index is 10.0. The Morgan fingerprint density at radius 3 is 0.690 bits per heavy atom. The minimum absolute atomic E-state index is 0.0360. The Kier molecular flexibility index (Phi) is 9.42. The molecule has 8 heteroatoms. The Morgan fingerprint density at radius 1 is 0.276 bits per heavy atom. The van der Waals surface area contributed by atoms with Crippen LogP contribution in [0.25, 0.3) is 22.3 Å². The molecule has 2 aliphatic rings. The van der Waals surface area contributed by atoms with Crippen LogP contribution in [0.3, 0.4) is 0 Å². The van der Waals surface area contributed by atoms with Crippen molar-refractivity contribution in [2.45, 2.75) is 10.8 Å². The molecule has 4 nitrogen and oxygen atoms in total. The fraction of sp³-hybridized carbons (Fsp3) is 0.0400. The lowest BCUT2D eigenvalue weighted by Gasteiger charge is -2.34. The van der Waals surface area contributed by atoms with Crippen LogP contribution in [0.5, 0.6) is 23.0 Å². The molecule has 0 fully saturated rings. The first-order valence-electron chi connectivity index (χ1n) is 18.4. The monoisotopic (exact) mass is 836 g/mol. The maximum Gasteiger partial charge on any atom is 0.134 e. The highest BCUT2D eigenvalue weighted by atomic mass is 35.5. The second kappa shape index (κ2) is 14.5. The number of aromatic hydroxyl groups is 4. The van der Waals surface area contributed by atoms with Crippen molar-refractivity contribution < 1.29 is 20.4 Å². The van der Waals surface area contributed by atoms with Crippen molar-refractivity contribution in [2.75, 3.05) is 0 Å². The first kappa shape index (κ1) is 37.7. The zero-order chi connectivity index (χ0) is 40.3. The van der Waals surface area contributed by atoms with Crippen LogP contribution >= 0.6 is 46.4 Å². The van der Waals surface area contributed by atoms with Gasteiger partial charge in [-0.25, -0.2) is 0 Å². The smallest absolute Gasteiger partial charge is 0.134 e. The molecule has 8 aromatic carbocycles. The lowest BCUT2D eigenvalue weighted by Crippen LogP contribution is -2.28. The van der Waals surface area contributed by atoms with Gasteiger partial charge in [-0.05, 0) is 115 Å². The molecule has 0 saturated heterocycles. The first-order chi connectivity index (χ1) is 28.1. The summed E-state index contributed by atoms with van der Waals surface area (Å²) in [7, 11) is 0. The van der Waals surface area contributed by atoms with E-state index in [-0.39, 0.29) is 43.1 Å². The van der Waals surface area contributed by atoms with Gasteiger partial charge in [0.1, 0.15) is 23.0 Å². The van der Waals surface area contributed by atoms with E-state index in [0.29, 0.717) is 0 Å². The summed E-state index contributed by atoms with van der Waals surface area (Å²) in [5.74, 6) is 0.144. The summed E-state index contributed by atoms with van der Waals surface area (Å²) < 4.78 is 0. The predicted molar refractivity (Wildman–Crippen MR) is 234 cm³/mol. The number of fused-ring (bicyclic) bond motifs is 6. The van der Waals surface area contributed by atoms with Gasteiger partial charge in [-0.15, -0.1) is 0 Å². The summed E-state index contributed by atoms with van der Waals surface area (Å²) >= 11 is 25.3. The van der Waals surface area contributed by atoms with E-state index in [2.05, 4.69) is 48.5 Å². The number of benzene rings is 8. The molecule has 0 spiro atoms. The lowest BCUT2D eigenvalue weighted by atomic mass is 9.67. The van der Waals surface area contributed by atoms with E-state index in [0.717, 1.165) is 66.8 Å². The summed E-state index contributed by atoms with van der Waals surface area (Å²) in [5, 5.41) is 41.2. The van der Waals surface area contributed by atoms with E-state index in [1.165, 1.54) is 0 Å². The summed E-state index contributed by atoms with van der Waals surface area (Å²) in [5.41, 5.74) is 11.3. The highest BCUT2D eigenvalue weighted by Gasteiger charge is 2.47. The second-order valence-electron chi connectivity index (χ2n) is 14.3. The molecule has 0 bridgehead atoms. The van der Waals surface area contributed by atoms with Crippen molar-refractivity contribution in [3.63, 3.8) is 0 Å². The molecule has 0 aliphatic heterocycles. The molecule has 0 atom stereocenters. The van der Waals surface area contributed by atoms with E-state index in [4.69, 9.17) is 46.4 Å². The third-order valence-electron chi connectivity index (χ3n) is 11.4. The Balaban J connectivity index is 0.000000150. The molecule has 0 amide bonds. The van der Waals surface area contributed by atoms with Crippen molar-refractivity contribution in [1.82, 2.24) is 0 Å². The zero-order valence-corrected chi connectivity index (χ0v) is 33.5. The van der Waals surface area contributed by atoms with E-state index in [1.807, 2.05) is 72.8 Å². The normalized spacial score (nSPS) is 13.7. The van der Waals surface area contributed by atoms with Crippen LogP contribution in [-0.4, -0.2) is 20.4 Å². The van der Waals surface area contributed by atoms with Crippen molar-refractivity contribution in [1.29, 1.82) is 0 Å². The summed E-state index contributed by atoms with van der Waals surface area (Å²) in [6.07, 6.45) is 0. The molecule has 284 valence electrons. The van der Waals surface area contributed by atoms with Gasteiger partial charge in [0.15, 0.2) is 0 Å². The topological polar surface area (TPSA) is 80.9 Å². The summed E-state index contributed by atoms with van der Waals surface area (Å²) in [4.78, 5) is 0. The highest BCUT2D eigenvalue weighted by molar-refractivity contribution is 6.33. The first-order valence-corrected chi connectivity index (χ1v) is 19.9. The average molecular weight is 839 g/mol. The molecule has 58 heavy (non-hydrogen) atoms. The van der Waals surface area contributed by atoms with Crippen LogP contribution in [0.4, 0.5) is 0 Å². The van der Waals surface area contributed by atoms with Gasteiger partial charge in [0.2, 0.25) is 0 Å². The summed E-state index contributed by atoms with van der Waals surface area (Å²) in [6.45, 7) is 0. The Hall–Kier alpha value is -5.88. The van der Waals surface area contributed by atoms with Gasteiger partial charge in [0.25, 0.3) is 0 Å². The highest BCUT2D eigenvalue weighted by Crippen LogP contribution is 2.58. The third kappa shape index (κ3) is 5.66. The molecule has 0 heterocycles. The van der Waals surface area contributed by atoms with Crippen LogP contribution in [0, 0.1) is 0 Å². The van der Waals surface area contributed by atoms with Crippen molar-refractivity contribution >= 4 is 46.4 Å². The standard InChI is InChI=1S/2C25H16Cl2O2/c2*26-21-13-15(9-11-23(21)28)25(16-10-12-24(29)22(27)14-16)19-7-3-1-5-17(19)18-6-2-4-8-20(18)25/h2*1-14,28-29H. The number of phenolic OH excluding ortho intramolecular Hbond substituents is 4. The molecular weight excluding hydrogens is 806 g/mol. The van der Waals surface area contributed by atoms with Gasteiger partial charge >= 0.3 is 0 Å². The molecule has 0 saturated carbocycles. The van der Waals surface area contributed by atoms with Gasteiger partial charge in [0.05, 0.1) is 30.9 Å². The second-order valence-corrected chi connectivity index (χ2v) is 16.0. The summed E-state index contributed by atoms with van der Waals surface area (Å²) in [6, 6.07) is 54.3. The minimum Gasteiger partial charge on any atom is -0.506 e. The van der Waals surface area contributed by atoms with Gasteiger partial charge in [0, 0.05) is 0 Å². The molecule has 8 aromatic rings. The van der Waals surface area contributed by atoms with Crippen LogP contribution in [-0.2, 0) is 10.8 Å². The average Bonchev–Trinajstić information content (AvgIpc) is 3.71. The number of hydrogen-bond acceptors (Lipinski definition) is 4. The van der Waals surface area contributed by atoms with Gasteiger partial charge in [-0.2, -0.15) is 0 Å². The van der Waals surface area contributed by atoms with Crippen molar-refractivity contribution in [2.24, 2.45) is 0 Å². The van der Waals surface area contributed by atoms with Crippen molar-refractivity contribution in [3.8, 4) is 45.3 Å². The molecule has 10 rings (SSSR count).